The molecule has 8 heterocycles. The Labute approximate surface area is 336 Å². The van der Waals surface area contributed by atoms with E-state index >= 15 is 0 Å². The summed E-state index contributed by atoms with van der Waals surface area (Å²) in [7, 11) is -2.00. The van der Waals surface area contributed by atoms with Crippen LogP contribution in [0, 0.1) is 0 Å². The van der Waals surface area contributed by atoms with Crippen LogP contribution >= 0.6 is 22.7 Å². The van der Waals surface area contributed by atoms with Gasteiger partial charge in [-0.15, -0.1) is 22.7 Å². The van der Waals surface area contributed by atoms with Gasteiger partial charge in [0.05, 0.1) is 79.5 Å². The summed E-state index contributed by atoms with van der Waals surface area (Å²) in [4.78, 5) is 25.2. The van der Waals surface area contributed by atoms with Crippen LogP contribution in [0.2, 0.25) is 0 Å². The number of nitrogens with two attached hydrogens (primary N) is 2. The van der Waals surface area contributed by atoms with Crippen LogP contribution in [0.1, 0.15) is 11.1 Å². The monoisotopic (exact) mass is 830 g/mol. The van der Waals surface area contributed by atoms with E-state index in [2.05, 4.69) is 20.4 Å². The molecule has 0 unspecified atom stereocenters. The van der Waals surface area contributed by atoms with E-state index in [0.29, 0.717) is 89.1 Å². The zero-order chi connectivity index (χ0) is 38.3. The molecule has 14 nitrogen and oxygen atoms in total. The molecule has 4 aliphatic heterocycles. The Morgan fingerprint density at radius 3 is 1.48 bits per heavy atom. The molecule has 2 atom stereocenters. The number of hydrogen-bond acceptors (Lipinski definition) is 16. The molecule has 0 spiro atoms. The maximum absolute atomic E-state index is 12.6. The van der Waals surface area contributed by atoms with E-state index in [1.807, 2.05) is 71.4 Å². The molecular weight excluding hydrogens is 789 g/mol. The Balaban J connectivity index is 0.000000146. The van der Waals surface area contributed by atoms with Crippen molar-refractivity contribution in [1.29, 1.82) is 0 Å². The second-order valence-electron chi connectivity index (χ2n) is 14.6. The highest BCUT2D eigenvalue weighted by Crippen LogP contribution is 2.33. The Kier molecular flexibility index (Phi) is 10.5. The Hall–Kier alpha value is -4.14. The molecule has 56 heavy (non-hydrogen) atoms. The largest absolute Gasteiger partial charge is 0.377 e. The van der Waals surface area contributed by atoms with Gasteiger partial charge >= 0.3 is 0 Å². The number of hydrogen-bond donors (Lipinski definition) is 4. The van der Waals surface area contributed by atoms with Crippen molar-refractivity contribution in [3.63, 3.8) is 0 Å². The lowest BCUT2D eigenvalue weighted by atomic mass is 9.99. The van der Waals surface area contributed by atoms with Gasteiger partial charge in [0.15, 0.2) is 0 Å². The number of anilines is 4. The van der Waals surface area contributed by atoms with Crippen molar-refractivity contribution in [2.24, 2.45) is 11.5 Å². The van der Waals surface area contributed by atoms with Crippen molar-refractivity contribution in [2.75, 3.05) is 84.5 Å². The summed E-state index contributed by atoms with van der Waals surface area (Å²) < 4.78 is 37.7. The number of aromatic nitrogens is 4. The van der Waals surface area contributed by atoms with Gasteiger partial charge < -0.3 is 41.4 Å². The number of thiophene rings is 2. The van der Waals surface area contributed by atoms with Crippen LogP contribution < -0.4 is 31.9 Å². The third-order valence-electron chi connectivity index (χ3n) is 10.2. The van der Waals surface area contributed by atoms with Crippen LogP contribution in [-0.4, -0.2) is 104 Å². The number of benzene rings is 2. The van der Waals surface area contributed by atoms with Gasteiger partial charge in [-0.3, -0.25) is 8.42 Å². The Bertz CT molecular complexity index is 2270. The highest BCUT2D eigenvalue weighted by atomic mass is 32.2. The summed E-state index contributed by atoms with van der Waals surface area (Å²) in [6.07, 6.45) is 0. The first-order valence-corrected chi connectivity index (χ1v) is 22.8. The normalized spacial score (nSPS) is 21.0. The lowest BCUT2D eigenvalue weighted by molar-refractivity contribution is -0.0461. The fourth-order valence-electron chi connectivity index (χ4n) is 6.91. The molecule has 6 N–H and O–H groups in total. The smallest absolute Gasteiger partial charge is 0.228 e. The lowest BCUT2D eigenvalue weighted by Crippen LogP contribution is -2.61. The van der Waals surface area contributed by atoms with Crippen molar-refractivity contribution in [2.45, 2.75) is 34.0 Å². The summed E-state index contributed by atoms with van der Waals surface area (Å²) in [6, 6.07) is 19.8. The molecule has 0 saturated carbocycles. The molecule has 0 radical (unpaired) electrons. The number of ether oxygens (including phenoxy) is 2. The topological polar surface area (TPSA) is 187 Å². The van der Waals surface area contributed by atoms with Gasteiger partial charge in [-0.1, -0.05) is 36.4 Å². The molecule has 0 amide bonds. The average Bonchev–Trinajstić information content (AvgIpc) is 3.80. The van der Waals surface area contributed by atoms with Crippen molar-refractivity contribution < 1.29 is 17.9 Å². The molecule has 4 aliphatic rings. The summed E-state index contributed by atoms with van der Waals surface area (Å²) in [5, 5.41) is 10.9. The van der Waals surface area contributed by atoms with Crippen LogP contribution in [0.4, 0.5) is 23.5 Å². The molecule has 2 saturated heterocycles. The molecule has 4 aromatic heterocycles. The van der Waals surface area contributed by atoms with E-state index in [9.17, 15) is 8.42 Å². The molecule has 0 aliphatic carbocycles. The molecule has 2 fully saturated rings. The summed E-state index contributed by atoms with van der Waals surface area (Å²) in [5.41, 5.74) is 15.8. The minimum atomic E-state index is -1.00. The molecule has 6 aromatic rings. The maximum atomic E-state index is 12.6. The summed E-state index contributed by atoms with van der Waals surface area (Å²) in [5.74, 6) is 4.02. The summed E-state index contributed by atoms with van der Waals surface area (Å²) in [6.45, 7) is 6.00. The molecular formula is C38H42N10O4S4. The molecule has 10 rings (SSSR count). The maximum Gasteiger partial charge on any atom is 0.228 e. The highest BCUT2D eigenvalue weighted by Gasteiger charge is 2.35. The fourth-order valence-corrected chi connectivity index (χ4v) is 11.0. The van der Waals surface area contributed by atoms with Gasteiger partial charge in [-0.25, -0.2) is 9.97 Å². The predicted octanol–water partition coefficient (Wildman–Crippen LogP) is 3.92. The van der Waals surface area contributed by atoms with E-state index in [-0.39, 0.29) is 11.1 Å². The van der Waals surface area contributed by atoms with Crippen molar-refractivity contribution >= 4 is 88.2 Å². The average molecular weight is 831 g/mol. The SMILES string of the molecule is NC1(CNc2nc(N3CC[S@@](=O)c4ccccc4C3)nc3ccsc23)COC1.NC1(CNc2nc(N3CC[S@](=O)c4ccccc4C3)nc3ccsc23)COC1. The number of nitrogens with one attached hydrogen (secondary N) is 2. The lowest BCUT2D eigenvalue weighted by Gasteiger charge is -2.37. The van der Waals surface area contributed by atoms with Gasteiger partial charge in [-0.05, 0) is 46.2 Å². The summed E-state index contributed by atoms with van der Waals surface area (Å²) >= 11 is 3.22. The highest BCUT2D eigenvalue weighted by molar-refractivity contribution is 7.85. The van der Waals surface area contributed by atoms with Crippen LogP contribution in [0.25, 0.3) is 20.4 Å². The van der Waals surface area contributed by atoms with E-state index in [1.165, 1.54) is 0 Å². The third kappa shape index (κ3) is 7.76. The van der Waals surface area contributed by atoms with Gasteiger partial charge in [0.1, 0.15) is 11.6 Å². The molecule has 18 heteroatoms. The van der Waals surface area contributed by atoms with Gasteiger partial charge in [0.25, 0.3) is 0 Å². The minimum Gasteiger partial charge on any atom is -0.377 e. The minimum absolute atomic E-state index is 0.340. The fraction of sp³-hybridized carbons (Fsp3) is 0.368. The zero-order valence-corrected chi connectivity index (χ0v) is 33.8. The van der Waals surface area contributed by atoms with Gasteiger partial charge in [-0.2, -0.15) is 9.97 Å². The molecule has 2 aromatic carbocycles. The first-order valence-electron chi connectivity index (χ1n) is 18.4. The second kappa shape index (κ2) is 15.7. The van der Waals surface area contributed by atoms with Crippen LogP contribution in [0.15, 0.2) is 81.2 Å². The molecule has 0 bridgehead atoms. The van der Waals surface area contributed by atoms with Gasteiger partial charge in [0.2, 0.25) is 11.9 Å². The van der Waals surface area contributed by atoms with E-state index in [0.717, 1.165) is 53.0 Å². The first kappa shape index (κ1) is 37.4. The Morgan fingerprint density at radius 2 is 1.07 bits per heavy atom. The van der Waals surface area contributed by atoms with Crippen molar-refractivity contribution in [1.82, 2.24) is 19.9 Å². The van der Waals surface area contributed by atoms with E-state index in [1.54, 1.807) is 22.7 Å². The quantitative estimate of drug-likeness (QED) is 0.173. The van der Waals surface area contributed by atoms with E-state index < -0.39 is 21.6 Å². The number of rotatable bonds is 8. The van der Waals surface area contributed by atoms with Crippen LogP contribution in [0.3, 0.4) is 0 Å². The van der Waals surface area contributed by atoms with Gasteiger partial charge in [0, 0.05) is 60.6 Å². The van der Waals surface area contributed by atoms with Crippen molar-refractivity contribution in [3.05, 3.63) is 82.6 Å². The third-order valence-corrected chi connectivity index (χ3v) is 14.9. The van der Waals surface area contributed by atoms with E-state index in [4.69, 9.17) is 40.9 Å². The first-order chi connectivity index (χ1) is 27.2. The standard InChI is InChI=1S/2C19H21N5O2S2/c2*20-19(11-26-12-19)10-21-17-16-14(5-7-27-16)22-18(23-17)24-6-8-28(25)15-4-2-1-3-13(15)9-24/h2*1-5,7H,6,8-12,20H2,(H,21,22,23)/t2*28-/m10/s1. The second-order valence-corrected chi connectivity index (χ2v) is 19.5. The van der Waals surface area contributed by atoms with Crippen LogP contribution in [0.5, 0.6) is 0 Å². The molecule has 292 valence electrons. The number of fused-ring (bicyclic) bond motifs is 4. The predicted molar refractivity (Wildman–Crippen MR) is 225 cm³/mol. The Morgan fingerprint density at radius 1 is 0.643 bits per heavy atom. The van der Waals surface area contributed by atoms with Crippen molar-refractivity contribution in [3.8, 4) is 0 Å². The van der Waals surface area contributed by atoms with Crippen LogP contribution in [-0.2, 0) is 44.2 Å². The number of nitrogens with zero attached hydrogens (tertiary/aromatic N) is 6. The zero-order valence-electron chi connectivity index (χ0n) is 30.5.